The molecule has 1 aliphatic rings. The van der Waals surface area contributed by atoms with Gasteiger partial charge in [0.2, 0.25) is 0 Å². The smallest absolute Gasteiger partial charge is 0.256 e. The van der Waals surface area contributed by atoms with Gasteiger partial charge in [0.25, 0.3) is 5.91 Å². The number of rotatable bonds is 8. The maximum Gasteiger partial charge on any atom is 0.256 e. The Hall–Kier alpha value is -4.19. The molecule has 0 aliphatic carbocycles. The number of benzene rings is 1. The number of nitrogens with one attached hydrogen (secondary N) is 1. The maximum atomic E-state index is 12.7. The molecule has 11 heteroatoms. The number of nitrogens with zero attached hydrogens (tertiary/aromatic N) is 7. The van der Waals surface area contributed by atoms with E-state index in [-0.39, 0.29) is 11.9 Å². The lowest BCUT2D eigenvalue weighted by molar-refractivity contribution is 0.0122. The van der Waals surface area contributed by atoms with Crippen molar-refractivity contribution in [1.29, 1.82) is 0 Å². The van der Waals surface area contributed by atoms with E-state index in [0.717, 1.165) is 31.5 Å². The Bertz CT molecular complexity index is 1450. The normalized spacial score (nSPS) is 17.2. The van der Waals surface area contributed by atoms with Crippen LogP contribution in [-0.2, 0) is 0 Å². The first-order valence-electron chi connectivity index (χ1n) is 13.0. The fourth-order valence-electron chi connectivity index (χ4n) is 4.80. The van der Waals surface area contributed by atoms with E-state index in [2.05, 4.69) is 20.3 Å². The second kappa shape index (κ2) is 11.7. The summed E-state index contributed by atoms with van der Waals surface area (Å²) in [6, 6.07) is 12.5. The quantitative estimate of drug-likeness (QED) is 0.295. The predicted molar refractivity (Wildman–Crippen MR) is 151 cm³/mol. The molecule has 202 valence electrons. The largest absolute Gasteiger partial charge is 0.383 e. The average molecular weight is 528 g/mol. The first kappa shape index (κ1) is 26.4. The molecule has 1 saturated heterocycles. The number of likely N-dealkylation sites (N-methyl/N-ethyl adjacent to an activating group) is 1. The Labute approximate surface area is 227 Å². The standard InChI is InChI=1S/C28H33N9O2/c1-35(2)15-6-9-23(38)36-16-5-7-21(17-36)37-27-24(26(29)31-18-32-27)25(34-37)19-10-12-20(13-11-19)28(39)33-22-8-3-4-14-30-22/h3-4,6,8-14,18,21,23,38H,5,7,15-17H2,1-2H3,(H2,29,31,32)(H,30,33,39)/b9-6+/t21-,23?/m1/s1. The van der Waals surface area contributed by atoms with E-state index in [1.54, 1.807) is 30.5 Å². The number of pyridine rings is 1. The summed E-state index contributed by atoms with van der Waals surface area (Å²) in [5, 5.41) is 19.2. The van der Waals surface area contributed by atoms with Crippen molar-refractivity contribution in [3.8, 4) is 11.3 Å². The highest BCUT2D eigenvalue weighted by atomic mass is 16.3. The Morgan fingerprint density at radius 1 is 1.21 bits per heavy atom. The Morgan fingerprint density at radius 3 is 2.77 bits per heavy atom. The summed E-state index contributed by atoms with van der Waals surface area (Å²) in [5.74, 6) is 0.581. The minimum absolute atomic E-state index is 0.00428. The van der Waals surface area contributed by atoms with Crippen molar-refractivity contribution < 1.29 is 9.90 Å². The molecule has 3 aromatic heterocycles. The monoisotopic (exact) mass is 527 g/mol. The lowest BCUT2D eigenvalue weighted by atomic mass is 10.1. The molecule has 1 amide bonds. The van der Waals surface area contributed by atoms with Crippen LogP contribution in [0.25, 0.3) is 22.3 Å². The van der Waals surface area contributed by atoms with E-state index in [1.165, 1.54) is 6.33 Å². The van der Waals surface area contributed by atoms with Gasteiger partial charge in [0.1, 0.15) is 29.9 Å². The molecule has 0 spiro atoms. The van der Waals surface area contributed by atoms with Crippen LogP contribution in [0.3, 0.4) is 0 Å². The highest BCUT2D eigenvalue weighted by Crippen LogP contribution is 2.34. The summed E-state index contributed by atoms with van der Waals surface area (Å²) < 4.78 is 1.91. The van der Waals surface area contributed by atoms with Crippen LogP contribution < -0.4 is 11.1 Å². The van der Waals surface area contributed by atoms with Gasteiger partial charge in [0.05, 0.1) is 11.4 Å². The number of nitrogens with two attached hydrogens (primary N) is 1. The van der Waals surface area contributed by atoms with E-state index < -0.39 is 6.23 Å². The van der Waals surface area contributed by atoms with Gasteiger partial charge in [-0.05, 0) is 57.3 Å². The van der Waals surface area contributed by atoms with Crippen molar-refractivity contribution in [2.45, 2.75) is 25.1 Å². The van der Waals surface area contributed by atoms with E-state index in [4.69, 9.17) is 10.8 Å². The zero-order chi connectivity index (χ0) is 27.4. The van der Waals surface area contributed by atoms with Crippen LogP contribution in [0, 0.1) is 0 Å². The van der Waals surface area contributed by atoms with E-state index in [0.29, 0.717) is 40.5 Å². The zero-order valence-corrected chi connectivity index (χ0v) is 22.1. The van der Waals surface area contributed by atoms with Gasteiger partial charge in [-0.3, -0.25) is 9.69 Å². The number of aliphatic hydroxyl groups is 1. The number of aliphatic hydroxyl groups excluding tert-OH is 1. The molecule has 1 aromatic carbocycles. The third kappa shape index (κ3) is 5.95. The second-order valence-electron chi connectivity index (χ2n) is 9.89. The molecule has 11 nitrogen and oxygen atoms in total. The number of hydrogen-bond acceptors (Lipinski definition) is 9. The molecule has 5 rings (SSSR count). The SMILES string of the molecule is CN(C)C/C=C/C(O)N1CCC[C@@H](n2nc(-c3ccc(C(=O)Nc4ccccn4)cc3)c3c(N)ncnc32)C1. The van der Waals surface area contributed by atoms with Gasteiger partial charge in [0.15, 0.2) is 5.65 Å². The molecule has 0 saturated carbocycles. The maximum absolute atomic E-state index is 12.7. The molecule has 1 fully saturated rings. The van der Waals surface area contributed by atoms with Gasteiger partial charge in [-0.15, -0.1) is 0 Å². The fourth-order valence-corrected chi connectivity index (χ4v) is 4.80. The van der Waals surface area contributed by atoms with E-state index >= 15 is 0 Å². The molecule has 39 heavy (non-hydrogen) atoms. The molecule has 4 heterocycles. The fraction of sp³-hybridized carbons (Fsp3) is 0.321. The number of carbonyl (C=O) groups excluding carboxylic acids is 1. The summed E-state index contributed by atoms with van der Waals surface area (Å²) in [6.07, 6.45) is 8.03. The van der Waals surface area contributed by atoms with Crippen molar-refractivity contribution in [3.05, 3.63) is 72.7 Å². The summed E-state index contributed by atoms with van der Waals surface area (Å²) >= 11 is 0. The predicted octanol–water partition coefficient (Wildman–Crippen LogP) is 2.80. The first-order valence-corrected chi connectivity index (χ1v) is 13.0. The number of aromatic nitrogens is 5. The van der Waals surface area contributed by atoms with Gasteiger partial charge < -0.3 is 21.1 Å². The zero-order valence-electron chi connectivity index (χ0n) is 22.1. The van der Waals surface area contributed by atoms with Crippen LogP contribution >= 0.6 is 0 Å². The topological polar surface area (TPSA) is 138 Å². The lowest BCUT2D eigenvalue weighted by Gasteiger charge is -2.35. The molecule has 4 N–H and O–H groups in total. The molecular formula is C28H33N9O2. The van der Waals surface area contributed by atoms with E-state index in [9.17, 15) is 9.90 Å². The highest BCUT2D eigenvalue weighted by molar-refractivity contribution is 6.04. The minimum Gasteiger partial charge on any atom is -0.383 e. The van der Waals surface area contributed by atoms with Crippen LogP contribution in [-0.4, -0.2) is 85.5 Å². The number of amides is 1. The Balaban J connectivity index is 1.40. The van der Waals surface area contributed by atoms with Gasteiger partial charge >= 0.3 is 0 Å². The Morgan fingerprint density at radius 2 is 2.03 bits per heavy atom. The first-order chi connectivity index (χ1) is 18.9. The van der Waals surface area contributed by atoms with Gasteiger partial charge in [-0.1, -0.05) is 24.3 Å². The number of nitrogen functional groups attached to an aromatic ring is 1. The summed E-state index contributed by atoms with van der Waals surface area (Å²) in [5.41, 5.74) is 8.92. The number of carbonyl (C=O) groups is 1. The summed E-state index contributed by atoms with van der Waals surface area (Å²) in [4.78, 5) is 29.7. The van der Waals surface area contributed by atoms with Crippen LogP contribution in [0.2, 0.25) is 0 Å². The molecule has 2 atom stereocenters. The summed E-state index contributed by atoms with van der Waals surface area (Å²) in [6.45, 7) is 2.19. The molecular weight excluding hydrogens is 494 g/mol. The van der Waals surface area contributed by atoms with Crippen LogP contribution in [0.4, 0.5) is 11.6 Å². The molecule has 4 aromatic rings. The van der Waals surface area contributed by atoms with Crippen LogP contribution in [0.1, 0.15) is 29.2 Å². The number of hydrogen-bond donors (Lipinski definition) is 3. The molecule has 0 radical (unpaired) electrons. The Kier molecular flexibility index (Phi) is 7.92. The highest BCUT2D eigenvalue weighted by Gasteiger charge is 2.28. The third-order valence-corrected chi connectivity index (χ3v) is 6.77. The van der Waals surface area contributed by atoms with Gasteiger partial charge in [-0.25, -0.2) is 19.6 Å². The van der Waals surface area contributed by atoms with Gasteiger partial charge in [-0.2, -0.15) is 5.10 Å². The van der Waals surface area contributed by atoms with Crippen LogP contribution in [0.15, 0.2) is 67.1 Å². The minimum atomic E-state index is -0.668. The second-order valence-corrected chi connectivity index (χ2v) is 9.89. The average Bonchev–Trinajstić information content (AvgIpc) is 3.34. The van der Waals surface area contributed by atoms with Crippen molar-refractivity contribution in [2.24, 2.45) is 0 Å². The number of anilines is 2. The number of likely N-dealkylation sites (tertiary alicyclic amines) is 1. The van der Waals surface area contributed by atoms with Crippen molar-refractivity contribution >= 4 is 28.6 Å². The van der Waals surface area contributed by atoms with Crippen molar-refractivity contribution in [1.82, 2.24) is 34.5 Å². The number of fused-ring (bicyclic) bond motifs is 1. The van der Waals surface area contributed by atoms with E-state index in [1.807, 2.05) is 58.9 Å². The van der Waals surface area contributed by atoms with Gasteiger partial charge in [0, 0.05) is 37.0 Å². The lowest BCUT2D eigenvalue weighted by Crippen LogP contribution is -2.42. The summed E-state index contributed by atoms with van der Waals surface area (Å²) in [7, 11) is 3.98. The van der Waals surface area contributed by atoms with Crippen LogP contribution in [0.5, 0.6) is 0 Å². The molecule has 1 unspecified atom stereocenters. The molecule has 0 bridgehead atoms. The van der Waals surface area contributed by atoms with Crippen molar-refractivity contribution in [3.63, 3.8) is 0 Å². The third-order valence-electron chi connectivity index (χ3n) is 6.77. The van der Waals surface area contributed by atoms with Crippen molar-refractivity contribution in [2.75, 3.05) is 44.8 Å². The number of piperidine rings is 1. The molecule has 1 aliphatic heterocycles.